The first kappa shape index (κ1) is 22.3. The van der Waals surface area contributed by atoms with Crippen LogP contribution in [-0.4, -0.2) is 54.5 Å². The Hall–Kier alpha value is -4.15. The quantitative estimate of drug-likeness (QED) is 0.473. The van der Waals surface area contributed by atoms with E-state index in [-0.39, 0.29) is 23.4 Å². The third-order valence-electron chi connectivity index (χ3n) is 6.89. The lowest BCUT2D eigenvalue weighted by molar-refractivity contribution is -0.141. The SMILES string of the molecule is Cc1c(-c2ccccc2-c2cn(C)nc2C(F)(F)F)nc2cc(C(=O)N3C[C@@H]4C[C@H]3C(=O)N4)ccn12. The zero-order valence-corrected chi connectivity index (χ0v) is 19.4. The zero-order chi connectivity index (χ0) is 25.4. The van der Waals surface area contributed by atoms with Crippen LogP contribution >= 0.6 is 0 Å². The van der Waals surface area contributed by atoms with Crippen molar-refractivity contribution in [3.63, 3.8) is 0 Å². The van der Waals surface area contributed by atoms with Crippen molar-refractivity contribution in [1.29, 1.82) is 0 Å². The van der Waals surface area contributed by atoms with Gasteiger partial charge in [-0.3, -0.25) is 14.3 Å². The van der Waals surface area contributed by atoms with Gasteiger partial charge >= 0.3 is 6.18 Å². The molecule has 6 rings (SSSR count). The Kier molecular flexibility index (Phi) is 4.76. The summed E-state index contributed by atoms with van der Waals surface area (Å²) in [5, 5.41) is 6.50. The lowest BCUT2D eigenvalue weighted by atomic mass is 9.97. The summed E-state index contributed by atoms with van der Waals surface area (Å²) in [5.74, 6) is -0.377. The van der Waals surface area contributed by atoms with Gasteiger partial charge in [-0.1, -0.05) is 24.3 Å². The van der Waals surface area contributed by atoms with Crippen molar-refractivity contribution < 1.29 is 22.8 Å². The Morgan fingerprint density at radius 3 is 2.58 bits per heavy atom. The molecule has 5 heterocycles. The average molecular weight is 494 g/mol. The highest BCUT2D eigenvalue weighted by Crippen LogP contribution is 2.40. The van der Waals surface area contributed by atoms with Crippen molar-refractivity contribution in [2.24, 2.45) is 7.05 Å². The molecule has 36 heavy (non-hydrogen) atoms. The van der Waals surface area contributed by atoms with E-state index >= 15 is 0 Å². The molecule has 0 spiro atoms. The number of amides is 2. The number of imidazole rings is 1. The number of hydrogen-bond acceptors (Lipinski definition) is 4. The van der Waals surface area contributed by atoms with Crippen LogP contribution in [0.5, 0.6) is 0 Å². The van der Waals surface area contributed by atoms with E-state index in [2.05, 4.69) is 10.4 Å². The van der Waals surface area contributed by atoms with Gasteiger partial charge in [-0.15, -0.1) is 0 Å². The van der Waals surface area contributed by atoms with Crippen LogP contribution in [-0.2, 0) is 18.0 Å². The van der Waals surface area contributed by atoms with Gasteiger partial charge in [0.05, 0.1) is 5.69 Å². The number of aromatic nitrogens is 4. The fourth-order valence-electron chi connectivity index (χ4n) is 5.25. The van der Waals surface area contributed by atoms with Crippen molar-refractivity contribution in [1.82, 2.24) is 29.4 Å². The molecule has 8 nitrogen and oxygen atoms in total. The van der Waals surface area contributed by atoms with Gasteiger partial charge in [-0.05, 0) is 31.0 Å². The van der Waals surface area contributed by atoms with Crippen LogP contribution < -0.4 is 5.32 Å². The van der Waals surface area contributed by atoms with E-state index in [4.69, 9.17) is 4.98 Å². The molecule has 0 radical (unpaired) electrons. The molecule has 3 aromatic heterocycles. The molecule has 184 valence electrons. The first-order chi connectivity index (χ1) is 17.1. The minimum Gasteiger partial charge on any atom is -0.350 e. The van der Waals surface area contributed by atoms with Crippen LogP contribution in [0.1, 0.15) is 28.2 Å². The topological polar surface area (TPSA) is 84.5 Å². The molecular formula is C25H21F3N6O2. The first-order valence-corrected chi connectivity index (χ1v) is 11.4. The molecule has 2 aliphatic heterocycles. The van der Waals surface area contributed by atoms with Gasteiger partial charge < -0.3 is 14.6 Å². The maximum absolute atomic E-state index is 13.7. The number of benzene rings is 1. The number of likely N-dealkylation sites (tertiary alicyclic amines) is 1. The number of fused-ring (bicyclic) bond motifs is 3. The molecule has 2 saturated heterocycles. The molecule has 2 bridgehead atoms. The van der Waals surface area contributed by atoms with Gasteiger partial charge in [-0.2, -0.15) is 18.3 Å². The number of aryl methyl sites for hydroxylation is 2. The lowest BCUT2D eigenvalue weighted by Gasteiger charge is -2.26. The minimum atomic E-state index is -4.61. The largest absolute Gasteiger partial charge is 0.435 e. The van der Waals surface area contributed by atoms with Crippen LogP contribution in [0.15, 0.2) is 48.8 Å². The molecule has 2 amide bonds. The standard InChI is InChI=1S/C25H21F3N6O2/c1-13-21(17-6-4-3-5-16(17)18-12-32(2)31-22(18)25(26,27)28)30-20-9-14(7-8-33(13)20)24(36)34-11-15-10-19(34)23(35)29-15/h3-9,12,15,19H,10-11H2,1-2H3,(H,29,35)/t15-,19-/m0/s1. The number of carbonyl (C=O) groups excluding carboxylic acids is 2. The predicted octanol–water partition coefficient (Wildman–Crippen LogP) is 3.44. The van der Waals surface area contributed by atoms with Crippen LogP contribution in [0.3, 0.4) is 0 Å². The third kappa shape index (κ3) is 3.37. The second kappa shape index (κ2) is 7.67. The summed E-state index contributed by atoms with van der Waals surface area (Å²) in [7, 11) is 1.45. The van der Waals surface area contributed by atoms with Gasteiger partial charge in [-0.25, -0.2) is 4.98 Å². The fraction of sp³-hybridized carbons (Fsp3) is 0.280. The highest BCUT2D eigenvalue weighted by molar-refractivity contribution is 6.00. The number of halogens is 3. The van der Waals surface area contributed by atoms with Crippen molar-refractivity contribution >= 4 is 17.5 Å². The van der Waals surface area contributed by atoms with Gasteiger partial charge in [0.1, 0.15) is 11.7 Å². The molecule has 0 unspecified atom stereocenters. The summed E-state index contributed by atoms with van der Waals surface area (Å²) < 4.78 is 44.0. The van der Waals surface area contributed by atoms with Crippen LogP contribution in [0, 0.1) is 6.92 Å². The molecule has 2 aliphatic rings. The summed E-state index contributed by atoms with van der Waals surface area (Å²) in [4.78, 5) is 31.5. The molecule has 1 N–H and O–H groups in total. The number of piperazine rings is 1. The summed E-state index contributed by atoms with van der Waals surface area (Å²) in [5.41, 5.74) is 2.00. The summed E-state index contributed by atoms with van der Waals surface area (Å²) in [6.45, 7) is 2.30. The highest BCUT2D eigenvalue weighted by Gasteiger charge is 2.46. The monoisotopic (exact) mass is 494 g/mol. The van der Waals surface area contributed by atoms with E-state index in [0.29, 0.717) is 46.7 Å². The normalized spacial score (nSPS) is 19.4. The Morgan fingerprint density at radius 2 is 1.89 bits per heavy atom. The Balaban J connectivity index is 1.42. The predicted molar refractivity (Wildman–Crippen MR) is 124 cm³/mol. The van der Waals surface area contributed by atoms with Crippen molar-refractivity contribution in [3.8, 4) is 22.4 Å². The highest BCUT2D eigenvalue weighted by atomic mass is 19.4. The second-order valence-corrected chi connectivity index (χ2v) is 9.21. The third-order valence-corrected chi connectivity index (χ3v) is 6.89. The van der Waals surface area contributed by atoms with E-state index in [1.807, 2.05) is 6.92 Å². The van der Waals surface area contributed by atoms with Gasteiger partial charge in [0.2, 0.25) is 5.91 Å². The Morgan fingerprint density at radius 1 is 1.14 bits per heavy atom. The second-order valence-electron chi connectivity index (χ2n) is 9.21. The minimum absolute atomic E-state index is 0.0129. The van der Waals surface area contributed by atoms with Crippen LogP contribution in [0.4, 0.5) is 13.2 Å². The molecule has 2 fully saturated rings. The molecule has 2 atom stereocenters. The Labute approximate surface area is 203 Å². The van der Waals surface area contributed by atoms with E-state index in [1.54, 1.807) is 51.9 Å². The molecule has 0 saturated carbocycles. The van der Waals surface area contributed by atoms with Crippen molar-refractivity contribution in [2.45, 2.75) is 31.6 Å². The molecule has 4 aromatic rings. The zero-order valence-electron chi connectivity index (χ0n) is 19.4. The average Bonchev–Trinajstić information content (AvgIpc) is 3.60. The number of nitrogens with zero attached hydrogens (tertiary/aromatic N) is 5. The lowest BCUT2D eigenvalue weighted by Crippen LogP contribution is -2.50. The summed E-state index contributed by atoms with van der Waals surface area (Å²) >= 11 is 0. The molecular weight excluding hydrogens is 473 g/mol. The van der Waals surface area contributed by atoms with E-state index in [1.165, 1.54) is 13.2 Å². The number of carbonyl (C=O) groups is 2. The Bertz CT molecular complexity index is 1550. The maximum atomic E-state index is 13.7. The number of rotatable bonds is 3. The van der Waals surface area contributed by atoms with E-state index in [0.717, 1.165) is 4.68 Å². The van der Waals surface area contributed by atoms with Crippen molar-refractivity contribution in [2.75, 3.05) is 6.54 Å². The number of pyridine rings is 1. The van der Waals surface area contributed by atoms with Gasteiger partial charge in [0, 0.05) is 54.4 Å². The molecule has 11 heteroatoms. The van der Waals surface area contributed by atoms with Gasteiger partial charge in [0.25, 0.3) is 5.91 Å². The molecule has 0 aliphatic carbocycles. The van der Waals surface area contributed by atoms with E-state index < -0.39 is 17.9 Å². The fourth-order valence-corrected chi connectivity index (χ4v) is 5.25. The smallest absolute Gasteiger partial charge is 0.350 e. The van der Waals surface area contributed by atoms with Gasteiger partial charge in [0.15, 0.2) is 5.69 Å². The number of alkyl halides is 3. The van der Waals surface area contributed by atoms with Crippen molar-refractivity contribution in [3.05, 3.63) is 65.7 Å². The first-order valence-electron chi connectivity index (χ1n) is 11.4. The number of hydrogen-bond donors (Lipinski definition) is 1. The van der Waals surface area contributed by atoms with E-state index in [9.17, 15) is 22.8 Å². The summed E-state index contributed by atoms with van der Waals surface area (Å²) in [6, 6.07) is 9.62. The summed E-state index contributed by atoms with van der Waals surface area (Å²) in [6.07, 6.45) is -0.927. The van der Waals surface area contributed by atoms with Crippen LogP contribution in [0.25, 0.3) is 28.0 Å². The molecule has 1 aromatic carbocycles. The maximum Gasteiger partial charge on any atom is 0.435 e. The van der Waals surface area contributed by atoms with Crippen LogP contribution in [0.2, 0.25) is 0 Å². The number of nitrogens with one attached hydrogen (secondary N) is 1.